The van der Waals surface area contributed by atoms with Gasteiger partial charge in [-0.2, -0.15) is 5.10 Å². The van der Waals surface area contributed by atoms with Crippen molar-refractivity contribution in [2.45, 2.75) is 37.6 Å². The van der Waals surface area contributed by atoms with Gasteiger partial charge in [0.1, 0.15) is 5.69 Å². The molecule has 2 amide bonds. The summed E-state index contributed by atoms with van der Waals surface area (Å²) in [5.74, 6) is 0.603. The van der Waals surface area contributed by atoms with E-state index >= 15 is 0 Å². The molecule has 1 fully saturated rings. The molecule has 5 nitrogen and oxygen atoms in total. The zero-order chi connectivity index (χ0) is 18.5. The Labute approximate surface area is 159 Å². The van der Waals surface area contributed by atoms with Crippen molar-refractivity contribution in [3.05, 3.63) is 72.4 Å². The van der Waals surface area contributed by atoms with Gasteiger partial charge in [-0.05, 0) is 37.2 Å². The number of carbonyl (C=O) groups excluding carboxylic acids is 1. The SMILES string of the molecule is O=C(Nc1c[nH]nc1-c1ccccc1)NC1CCC(c2ccccc2)CC1. The topological polar surface area (TPSA) is 69.8 Å². The number of anilines is 1. The van der Waals surface area contributed by atoms with Crippen molar-refractivity contribution in [1.29, 1.82) is 0 Å². The minimum Gasteiger partial charge on any atom is -0.335 e. The van der Waals surface area contributed by atoms with Gasteiger partial charge in [0.05, 0.1) is 5.69 Å². The number of H-pyrrole nitrogens is 1. The van der Waals surface area contributed by atoms with Crippen LogP contribution in [0.2, 0.25) is 0 Å². The van der Waals surface area contributed by atoms with E-state index in [-0.39, 0.29) is 12.1 Å². The van der Waals surface area contributed by atoms with Crippen molar-refractivity contribution in [3.63, 3.8) is 0 Å². The van der Waals surface area contributed by atoms with E-state index in [4.69, 9.17) is 0 Å². The molecule has 138 valence electrons. The van der Waals surface area contributed by atoms with Crippen molar-refractivity contribution in [2.75, 3.05) is 5.32 Å². The molecule has 27 heavy (non-hydrogen) atoms. The number of benzene rings is 2. The number of hydrogen-bond acceptors (Lipinski definition) is 2. The highest BCUT2D eigenvalue weighted by molar-refractivity contribution is 5.93. The van der Waals surface area contributed by atoms with Gasteiger partial charge >= 0.3 is 6.03 Å². The lowest BCUT2D eigenvalue weighted by molar-refractivity contribution is 0.242. The number of rotatable bonds is 4. The molecule has 0 spiro atoms. The maximum absolute atomic E-state index is 12.4. The number of aromatic amines is 1. The Morgan fingerprint density at radius 3 is 2.30 bits per heavy atom. The third-order valence-electron chi connectivity index (χ3n) is 5.27. The molecule has 0 bridgehead atoms. The van der Waals surface area contributed by atoms with Crippen LogP contribution in [-0.2, 0) is 0 Å². The molecule has 0 radical (unpaired) electrons. The quantitative estimate of drug-likeness (QED) is 0.618. The molecule has 0 saturated heterocycles. The van der Waals surface area contributed by atoms with Gasteiger partial charge < -0.3 is 10.6 Å². The minimum atomic E-state index is -0.170. The summed E-state index contributed by atoms with van der Waals surface area (Å²) in [6.07, 6.45) is 5.94. The average molecular weight is 360 g/mol. The molecule has 0 unspecified atom stereocenters. The van der Waals surface area contributed by atoms with Gasteiger partial charge in [-0.1, -0.05) is 60.7 Å². The van der Waals surface area contributed by atoms with Crippen molar-refractivity contribution in [1.82, 2.24) is 15.5 Å². The highest BCUT2D eigenvalue weighted by atomic mass is 16.2. The summed E-state index contributed by atoms with van der Waals surface area (Å²) in [7, 11) is 0. The van der Waals surface area contributed by atoms with Crippen LogP contribution in [0.5, 0.6) is 0 Å². The molecule has 1 saturated carbocycles. The Balaban J connectivity index is 1.32. The molecule has 0 atom stereocenters. The van der Waals surface area contributed by atoms with Crippen LogP contribution in [0.25, 0.3) is 11.3 Å². The van der Waals surface area contributed by atoms with Gasteiger partial charge in [0.2, 0.25) is 0 Å². The Morgan fingerprint density at radius 2 is 1.59 bits per heavy atom. The monoisotopic (exact) mass is 360 g/mol. The normalized spacial score (nSPS) is 19.4. The zero-order valence-electron chi connectivity index (χ0n) is 15.2. The summed E-state index contributed by atoms with van der Waals surface area (Å²) in [5.41, 5.74) is 3.82. The molecule has 3 aromatic rings. The van der Waals surface area contributed by atoms with Crippen molar-refractivity contribution in [2.24, 2.45) is 0 Å². The van der Waals surface area contributed by atoms with E-state index in [1.807, 2.05) is 30.3 Å². The largest absolute Gasteiger partial charge is 0.335 e. The van der Waals surface area contributed by atoms with E-state index in [1.165, 1.54) is 5.56 Å². The van der Waals surface area contributed by atoms with Gasteiger partial charge in [0.25, 0.3) is 0 Å². The first-order valence-electron chi connectivity index (χ1n) is 9.51. The first kappa shape index (κ1) is 17.3. The van der Waals surface area contributed by atoms with Crippen LogP contribution < -0.4 is 10.6 Å². The Morgan fingerprint density at radius 1 is 0.926 bits per heavy atom. The molecular formula is C22H24N4O. The van der Waals surface area contributed by atoms with Gasteiger partial charge in [-0.3, -0.25) is 5.10 Å². The van der Waals surface area contributed by atoms with Gasteiger partial charge in [0.15, 0.2) is 0 Å². The number of urea groups is 1. The summed E-state index contributed by atoms with van der Waals surface area (Å²) in [6.45, 7) is 0. The fourth-order valence-corrected chi connectivity index (χ4v) is 3.84. The van der Waals surface area contributed by atoms with Crippen LogP contribution in [0.1, 0.15) is 37.2 Å². The molecule has 1 heterocycles. The number of hydrogen-bond donors (Lipinski definition) is 3. The second-order valence-corrected chi connectivity index (χ2v) is 7.07. The summed E-state index contributed by atoms with van der Waals surface area (Å²) < 4.78 is 0. The summed E-state index contributed by atoms with van der Waals surface area (Å²) in [5, 5.41) is 13.2. The number of nitrogens with one attached hydrogen (secondary N) is 3. The number of nitrogens with zero attached hydrogens (tertiary/aromatic N) is 1. The van der Waals surface area contributed by atoms with E-state index in [0.717, 1.165) is 36.9 Å². The third-order valence-corrected chi connectivity index (χ3v) is 5.27. The number of carbonyl (C=O) groups is 1. The van der Waals surface area contributed by atoms with Crippen LogP contribution in [-0.4, -0.2) is 22.3 Å². The second-order valence-electron chi connectivity index (χ2n) is 7.07. The van der Waals surface area contributed by atoms with E-state index in [0.29, 0.717) is 11.6 Å². The third kappa shape index (κ3) is 4.19. The van der Waals surface area contributed by atoms with Gasteiger partial charge in [0, 0.05) is 17.8 Å². The smallest absolute Gasteiger partial charge is 0.319 e. The summed E-state index contributed by atoms with van der Waals surface area (Å²) in [6, 6.07) is 20.5. The molecule has 1 aliphatic rings. The van der Waals surface area contributed by atoms with Crippen LogP contribution in [0, 0.1) is 0 Å². The molecule has 0 aliphatic heterocycles. The molecule has 1 aliphatic carbocycles. The van der Waals surface area contributed by atoms with Crippen LogP contribution in [0.3, 0.4) is 0 Å². The molecular weight excluding hydrogens is 336 g/mol. The first-order valence-corrected chi connectivity index (χ1v) is 9.51. The van der Waals surface area contributed by atoms with Crippen LogP contribution in [0.15, 0.2) is 66.9 Å². The molecule has 5 heteroatoms. The maximum atomic E-state index is 12.4. The Bertz CT molecular complexity index is 868. The van der Waals surface area contributed by atoms with Crippen LogP contribution in [0.4, 0.5) is 10.5 Å². The fourth-order valence-electron chi connectivity index (χ4n) is 3.84. The Kier molecular flexibility index (Phi) is 5.19. The highest BCUT2D eigenvalue weighted by Crippen LogP contribution is 2.32. The minimum absolute atomic E-state index is 0.170. The Hall–Kier alpha value is -3.08. The molecule has 2 aromatic carbocycles. The van der Waals surface area contributed by atoms with Gasteiger partial charge in [-0.25, -0.2) is 4.79 Å². The van der Waals surface area contributed by atoms with E-state index < -0.39 is 0 Å². The van der Waals surface area contributed by atoms with Crippen molar-refractivity contribution in [3.8, 4) is 11.3 Å². The first-order chi connectivity index (χ1) is 13.3. The zero-order valence-corrected chi connectivity index (χ0v) is 15.2. The predicted molar refractivity (Wildman–Crippen MR) is 108 cm³/mol. The van der Waals surface area contributed by atoms with Crippen molar-refractivity contribution < 1.29 is 4.79 Å². The molecule has 1 aromatic heterocycles. The van der Waals surface area contributed by atoms with E-state index in [9.17, 15) is 4.79 Å². The van der Waals surface area contributed by atoms with Crippen molar-refractivity contribution >= 4 is 11.7 Å². The van der Waals surface area contributed by atoms with E-state index in [2.05, 4.69) is 51.2 Å². The number of amides is 2. The lowest BCUT2D eigenvalue weighted by Gasteiger charge is -2.29. The van der Waals surface area contributed by atoms with E-state index in [1.54, 1.807) is 6.20 Å². The van der Waals surface area contributed by atoms with Crippen LogP contribution >= 0.6 is 0 Å². The summed E-state index contributed by atoms with van der Waals surface area (Å²) >= 11 is 0. The molecule has 4 rings (SSSR count). The second kappa shape index (κ2) is 8.08. The fraction of sp³-hybridized carbons (Fsp3) is 0.273. The highest BCUT2D eigenvalue weighted by Gasteiger charge is 2.23. The number of aromatic nitrogens is 2. The molecule has 3 N–H and O–H groups in total. The maximum Gasteiger partial charge on any atom is 0.319 e. The standard InChI is InChI=1S/C22H24N4O/c27-22(25-20-15-23-26-21(20)18-9-5-2-6-10-18)24-19-13-11-17(12-14-19)16-7-3-1-4-8-16/h1-10,15,17,19H,11-14H2,(H,23,26)(H2,24,25,27). The lowest BCUT2D eigenvalue weighted by Crippen LogP contribution is -2.39. The predicted octanol–water partition coefficient (Wildman–Crippen LogP) is 4.92. The summed E-state index contributed by atoms with van der Waals surface area (Å²) in [4.78, 5) is 12.4. The van der Waals surface area contributed by atoms with Gasteiger partial charge in [-0.15, -0.1) is 0 Å². The lowest BCUT2D eigenvalue weighted by atomic mass is 9.82. The average Bonchev–Trinajstić information content (AvgIpc) is 3.18.